The van der Waals surface area contributed by atoms with Crippen LogP contribution in [-0.2, 0) is 6.54 Å². The van der Waals surface area contributed by atoms with Gasteiger partial charge in [-0.1, -0.05) is 36.4 Å². The van der Waals surface area contributed by atoms with Crippen LogP contribution < -0.4 is 10.1 Å². The molecule has 0 radical (unpaired) electrons. The molecule has 3 aromatic rings. The highest BCUT2D eigenvalue weighted by molar-refractivity contribution is 6.22. The number of ether oxygens (including phenoxy) is 1. The number of nitrogens with zero attached hydrogens (tertiary/aromatic N) is 1. The fourth-order valence-corrected chi connectivity index (χ4v) is 3.25. The van der Waals surface area contributed by atoms with Crippen LogP contribution in [0, 0.1) is 0 Å². The predicted octanol–water partition coefficient (Wildman–Crippen LogP) is 3.74. The Labute approximate surface area is 167 Å². The van der Waals surface area contributed by atoms with Crippen molar-refractivity contribution >= 4 is 23.4 Å². The van der Waals surface area contributed by atoms with Gasteiger partial charge >= 0.3 is 0 Å². The van der Waals surface area contributed by atoms with Crippen LogP contribution in [-0.4, -0.2) is 29.7 Å². The molecule has 29 heavy (non-hydrogen) atoms. The first-order chi connectivity index (χ1) is 14.1. The third-order valence-electron chi connectivity index (χ3n) is 4.74. The first-order valence-corrected chi connectivity index (χ1v) is 9.06. The van der Waals surface area contributed by atoms with Crippen molar-refractivity contribution in [1.29, 1.82) is 0 Å². The molecule has 0 atom stereocenters. The Morgan fingerprint density at radius 3 is 2.41 bits per heavy atom. The Kier molecular flexibility index (Phi) is 4.83. The first kappa shape index (κ1) is 18.4. The summed E-state index contributed by atoms with van der Waals surface area (Å²) in [6, 6.07) is 20.8. The third kappa shape index (κ3) is 3.60. The second-order valence-electron chi connectivity index (χ2n) is 6.63. The van der Waals surface area contributed by atoms with E-state index in [0.717, 1.165) is 5.56 Å². The van der Waals surface area contributed by atoms with E-state index in [1.807, 2.05) is 30.3 Å². The fourth-order valence-electron chi connectivity index (χ4n) is 3.25. The average Bonchev–Trinajstić information content (AvgIpc) is 2.99. The SMILES string of the molecule is COc1cccc(NC(=O)c2ccc3c(c2)C(=O)N(Cc2ccccc2)C3=O)c1. The van der Waals surface area contributed by atoms with Gasteiger partial charge in [-0.2, -0.15) is 0 Å². The summed E-state index contributed by atoms with van der Waals surface area (Å²) in [6.07, 6.45) is 0. The molecule has 0 saturated heterocycles. The summed E-state index contributed by atoms with van der Waals surface area (Å²) < 4.78 is 5.15. The summed E-state index contributed by atoms with van der Waals surface area (Å²) >= 11 is 0. The van der Waals surface area contributed by atoms with Crippen LogP contribution in [0.2, 0.25) is 0 Å². The van der Waals surface area contributed by atoms with E-state index in [0.29, 0.717) is 22.6 Å². The summed E-state index contributed by atoms with van der Waals surface area (Å²) in [5.74, 6) is -0.504. The van der Waals surface area contributed by atoms with Gasteiger partial charge in [-0.15, -0.1) is 0 Å². The Hall–Kier alpha value is -3.93. The number of benzene rings is 3. The van der Waals surface area contributed by atoms with Crippen molar-refractivity contribution in [1.82, 2.24) is 4.90 Å². The molecule has 0 aliphatic carbocycles. The van der Waals surface area contributed by atoms with E-state index in [2.05, 4.69) is 5.32 Å². The number of fused-ring (bicyclic) bond motifs is 1. The van der Waals surface area contributed by atoms with E-state index in [9.17, 15) is 14.4 Å². The molecule has 0 unspecified atom stereocenters. The van der Waals surface area contributed by atoms with Crippen LogP contribution in [0.25, 0.3) is 0 Å². The number of imide groups is 1. The molecule has 6 heteroatoms. The van der Waals surface area contributed by atoms with Gasteiger partial charge in [0.15, 0.2) is 0 Å². The molecule has 0 fully saturated rings. The predicted molar refractivity (Wildman–Crippen MR) is 108 cm³/mol. The lowest BCUT2D eigenvalue weighted by molar-refractivity contribution is 0.0642. The Morgan fingerprint density at radius 2 is 1.66 bits per heavy atom. The molecule has 0 saturated carbocycles. The third-order valence-corrected chi connectivity index (χ3v) is 4.74. The van der Waals surface area contributed by atoms with Gasteiger partial charge in [0.1, 0.15) is 5.75 Å². The van der Waals surface area contributed by atoms with Crippen molar-refractivity contribution < 1.29 is 19.1 Å². The van der Waals surface area contributed by atoms with Crippen molar-refractivity contribution in [3.63, 3.8) is 0 Å². The molecule has 1 aliphatic rings. The Bertz CT molecular complexity index is 1110. The molecule has 4 rings (SSSR count). The van der Waals surface area contributed by atoms with E-state index < -0.39 is 5.91 Å². The van der Waals surface area contributed by atoms with E-state index >= 15 is 0 Å². The normalized spacial score (nSPS) is 12.7. The highest BCUT2D eigenvalue weighted by Gasteiger charge is 2.36. The van der Waals surface area contributed by atoms with Gasteiger partial charge < -0.3 is 10.1 Å². The molecular formula is C23H18N2O4. The maximum Gasteiger partial charge on any atom is 0.261 e. The van der Waals surface area contributed by atoms with E-state index in [1.165, 1.54) is 17.0 Å². The number of methoxy groups -OCH3 is 1. The zero-order chi connectivity index (χ0) is 20.4. The summed E-state index contributed by atoms with van der Waals surface area (Å²) in [7, 11) is 1.55. The quantitative estimate of drug-likeness (QED) is 0.678. The lowest BCUT2D eigenvalue weighted by atomic mass is 10.1. The molecule has 6 nitrogen and oxygen atoms in total. The summed E-state index contributed by atoms with van der Waals surface area (Å²) in [4.78, 5) is 39.2. The van der Waals surface area contributed by atoms with Crippen molar-refractivity contribution in [2.24, 2.45) is 0 Å². The second-order valence-corrected chi connectivity index (χ2v) is 6.63. The van der Waals surface area contributed by atoms with E-state index in [1.54, 1.807) is 37.4 Å². The van der Waals surface area contributed by atoms with Crippen LogP contribution in [0.3, 0.4) is 0 Å². The minimum atomic E-state index is -0.398. The summed E-state index contributed by atoms with van der Waals surface area (Å²) in [5, 5.41) is 2.77. The molecule has 0 aromatic heterocycles. The molecule has 144 valence electrons. The monoisotopic (exact) mass is 386 g/mol. The smallest absolute Gasteiger partial charge is 0.261 e. The number of anilines is 1. The Morgan fingerprint density at radius 1 is 0.897 bits per heavy atom. The summed E-state index contributed by atoms with van der Waals surface area (Å²) in [5.41, 5.74) is 2.28. The van der Waals surface area contributed by atoms with Crippen LogP contribution in [0.1, 0.15) is 36.6 Å². The number of rotatable bonds is 5. The van der Waals surface area contributed by atoms with Gasteiger partial charge in [-0.3, -0.25) is 19.3 Å². The highest BCUT2D eigenvalue weighted by atomic mass is 16.5. The van der Waals surface area contributed by atoms with Crippen molar-refractivity contribution in [2.45, 2.75) is 6.54 Å². The number of hydrogen-bond donors (Lipinski definition) is 1. The lowest BCUT2D eigenvalue weighted by Gasteiger charge is -2.13. The van der Waals surface area contributed by atoms with Crippen LogP contribution >= 0.6 is 0 Å². The zero-order valence-corrected chi connectivity index (χ0v) is 15.7. The van der Waals surface area contributed by atoms with Gasteiger partial charge in [0.25, 0.3) is 17.7 Å². The molecule has 0 spiro atoms. The Balaban J connectivity index is 1.56. The molecule has 0 bridgehead atoms. The maximum atomic E-state index is 12.8. The van der Waals surface area contributed by atoms with Crippen molar-refractivity contribution in [3.8, 4) is 5.75 Å². The van der Waals surface area contributed by atoms with Gasteiger partial charge in [0.05, 0.1) is 24.8 Å². The minimum Gasteiger partial charge on any atom is -0.497 e. The first-order valence-electron chi connectivity index (χ1n) is 9.06. The largest absolute Gasteiger partial charge is 0.497 e. The van der Waals surface area contributed by atoms with Gasteiger partial charge in [0, 0.05) is 17.3 Å². The second kappa shape index (κ2) is 7.59. The molecule has 1 aliphatic heterocycles. The van der Waals surface area contributed by atoms with Crippen LogP contribution in [0.4, 0.5) is 5.69 Å². The topological polar surface area (TPSA) is 75.7 Å². The van der Waals surface area contributed by atoms with Crippen molar-refractivity contribution in [3.05, 3.63) is 95.1 Å². The molecule has 1 N–H and O–H groups in total. The van der Waals surface area contributed by atoms with Gasteiger partial charge in [-0.25, -0.2) is 0 Å². The summed E-state index contributed by atoms with van der Waals surface area (Å²) in [6.45, 7) is 0.193. The van der Waals surface area contributed by atoms with Gasteiger partial charge in [0.2, 0.25) is 0 Å². The molecule has 3 aromatic carbocycles. The zero-order valence-electron chi connectivity index (χ0n) is 15.7. The average molecular weight is 386 g/mol. The number of nitrogens with one attached hydrogen (secondary N) is 1. The van der Waals surface area contributed by atoms with Crippen molar-refractivity contribution in [2.75, 3.05) is 12.4 Å². The number of carbonyl (C=O) groups excluding carboxylic acids is 3. The fraction of sp³-hybridized carbons (Fsp3) is 0.0870. The molecular weight excluding hydrogens is 368 g/mol. The maximum absolute atomic E-state index is 12.8. The van der Waals surface area contributed by atoms with E-state index in [-0.39, 0.29) is 23.9 Å². The minimum absolute atomic E-state index is 0.193. The molecule has 1 heterocycles. The molecule has 3 amide bonds. The van der Waals surface area contributed by atoms with E-state index in [4.69, 9.17) is 4.74 Å². The highest BCUT2D eigenvalue weighted by Crippen LogP contribution is 2.26. The standard InChI is InChI=1S/C23H18N2O4/c1-29-18-9-5-8-17(13-18)24-21(26)16-10-11-19-20(12-16)23(28)25(22(19)27)14-15-6-3-2-4-7-15/h2-13H,14H2,1H3,(H,24,26). The number of carbonyl (C=O) groups is 3. The number of hydrogen-bond acceptors (Lipinski definition) is 4. The van der Waals surface area contributed by atoms with Gasteiger partial charge in [-0.05, 0) is 35.9 Å². The van der Waals surface area contributed by atoms with Crippen LogP contribution in [0.5, 0.6) is 5.75 Å². The van der Waals surface area contributed by atoms with Crippen LogP contribution in [0.15, 0.2) is 72.8 Å². The number of amides is 3. The lowest BCUT2D eigenvalue weighted by Crippen LogP contribution is -2.29.